The summed E-state index contributed by atoms with van der Waals surface area (Å²) in [6.45, 7) is 2.23. The molecule has 3 aromatic heterocycles. The lowest BCUT2D eigenvalue weighted by Gasteiger charge is -2.15. The first-order valence-corrected chi connectivity index (χ1v) is 19.5. The Kier molecular flexibility index (Phi) is 8.07. The first-order valence-electron chi connectivity index (χ1n) is 18.7. The van der Waals surface area contributed by atoms with Crippen LogP contribution in [-0.4, -0.2) is 19.5 Å². The molecule has 0 amide bonds. The molecule has 0 saturated carbocycles. The van der Waals surface area contributed by atoms with E-state index in [0.717, 1.165) is 39.9 Å². The Hall–Kier alpha value is -6.43. The van der Waals surface area contributed by atoms with E-state index < -0.39 is 0 Å². The van der Waals surface area contributed by atoms with Crippen LogP contribution in [0.15, 0.2) is 164 Å². The second-order valence-corrected chi connectivity index (χ2v) is 14.9. The van der Waals surface area contributed by atoms with Crippen LogP contribution in [0.2, 0.25) is 0 Å². The highest BCUT2D eigenvalue weighted by molar-refractivity contribution is 7.26. The van der Waals surface area contributed by atoms with Crippen molar-refractivity contribution in [3.8, 4) is 51.0 Å². The lowest BCUT2D eigenvalue weighted by Crippen LogP contribution is -2.00. The molecule has 0 saturated heterocycles. The van der Waals surface area contributed by atoms with Gasteiger partial charge in [-0.2, -0.15) is 0 Å². The molecule has 0 aliphatic rings. The summed E-state index contributed by atoms with van der Waals surface area (Å²) in [4.78, 5) is 15.0. The Labute approximate surface area is 318 Å². The van der Waals surface area contributed by atoms with E-state index in [1.54, 1.807) is 0 Å². The molecule has 0 aliphatic heterocycles. The SMILES string of the molecule is CCCCc1ccc(-c2nc(-c3ccccc3)nc(-c3ccc(-c4ccccc4-n4c5ccccc5c5ccc6c7ccccc7sc6c54)cc3)n2)cc1. The summed E-state index contributed by atoms with van der Waals surface area (Å²) in [5.74, 6) is 2.00. The second-order valence-electron chi connectivity index (χ2n) is 13.9. The molecule has 0 unspecified atom stereocenters. The molecule has 4 nitrogen and oxygen atoms in total. The van der Waals surface area contributed by atoms with Crippen molar-refractivity contribution in [3.05, 3.63) is 169 Å². The summed E-state index contributed by atoms with van der Waals surface area (Å²) in [6, 6.07) is 58.4. The Morgan fingerprint density at radius 3 is 1.80 bits per heavy atom. The molecule has 10 rings (SSSR count). The number of hydrogen-bond acceptors (Lipinski definition) is 4. The molecule has 3 heterocycles. The molecular formula is C49H36N4S. The van der Waals surface area contributed by atoms with Crippen molar-refractivity contribution in [1.29, 1.82) is 0 Å². The average Bonchev–Trinajstić information content (AvgIpc) is 3.79. The van der Waals surface area contributed by atoms with Crippen LogP contribution in [-0.2, 0) is 6.42 Å². The molecule has 258 valence electrons. The summed E-state index contributed by atoms with van der Waals surface area (Å²) >= 11 is 1.88. The van der Waals surface area contributed by atoms with E-state index in [0.29, 0.717) is 17.5 Å². The molecule has 0 aliphatic carbocycles. The maximum atomic E-state index is 5.04. The summed E-state index contributed by atoms with van der Waals surface area (Å²) in [5.41, 5.74) is 10.1. The van der Waals surface area contributed by atoms with Gasteiger partial charge in [0, 0.05) is 48.5 Å². The van der Waals surface area contributed by atoms with Crippen molar-refractivity contribution in [2.75, 3.05) is 0 Å². The Morgan fingerprint density at radius 2 is 1.06 bits per heavy atom. The molecule has 0 spiro atoms. The number of rotatable bonds is 8. The molecule has 5 heteroatoms. The Morgan fingerprint density at radius 1 is 0.481 bits per heavy atom. The molecule has 0 atom stereocenters. The number of unbranched alkanes of at least 4 members (excludes halogenated alkanes) is 1. The highest BCUT2D eigenvalue weighted by atomic mass is 32.1. The van der Waals surface area contributed by atoms with E-state index in [-0.39, 0.29) is 0 Å². The summed E-state index contributed by atoms with van der Waals surface area (Å²) < 4.78 is 5.09. The van der Waals surface area contributed by atoms with Gasteiger partial charge in [-0.05, 0) is 42.2 Å². The molecule has 54 heavy (non-hydrogen) atoms. The number of aromatic nitrogens is 4. The third kappa shape index (κ3) is 5.56. The minimum absolute atomic E-state index is 0.656. The fourth-order valence-corrected chi connectivity index (χ4v) is 8.98. The van der Waals surface area contributed by atoms with E-state index in [1.165, 1.54) is 60.4 Å². The lowest BCUT2D eigenvalue weighted by atomic mass is 10.0. The van der Waals surface area contributed by atoms with Gasteiger partial charge in [-0.15, -0.1) is 11.3 Å². The Bertz CT molecular complexity index is 2960. The molecular weight excluding hydrogens is 677 g/mol. The largest absolute Gasteiger partial charge is 0.307 e. The topological polar surface area (TPSA) is 43.6 Å². The standard InChI is InChI=1S/C49H36N4S/c1-2-3-13-32-22-24-35(25-23-32)48-50-47(34-14-5-4-6-15-34)51-49(52-48)36-28-26-33(27-29-36)37-16-7-10-19-42(37)53-43-20-11-8-17-38(43)40-30-31-41-39-18-9-12-21-44(39)54-46(41)45(40)53/h4-12,14-31H,2-3,13H2,1H3. The van der Waals surface area contributed by atoms with Gasteiger partial charge in [0.25, 0.3) is 0 Å². The maximum absolute atomic E-state index is 5.04. The maximum Gasteiger partial charge on any atom is 0.164 e. The number of benzene rings is 7. The van der Waals surface area contributed by atoms with Crippen molar-refractivity contribution >= 4 is 53.3 Å². The van der Waals surface area contributed by atoms with Gasteiger partial charge >= 0.3 is 0 Å². The molecule has 0 bridgehead atoms. The minimum Gasteiger partial charge on any atom is -0.307 e. The molecule has 10 aromatic rings. The number of aryl methyl sites for hydroxylation is 1. The molecule has 0 radical (unpaired) electrons. The van der Waals surface area contributed by atoms with Crippen LogP contribution in [0.5, 0.6) is 0 Å². The number of fused-ring (bicyclic) bond motifs is 7. The average molecular weight is 713 g/mol. The zero-order valence-electron chi connectivity index (χ0n) is 29.9. The summed E-state index contributed by atoms with van der Waals surface area (Å²) in [7, 11) is 0. The fraction of sp³-hybridized carbons (Fsp3) is 0.0816. The van der Waals surface area contributed by atoms with Crippen molar-refractivity contribution < 1.29 is 0 Å². The van der Waals surface area contributed by atoms with Crippen molar-refractivity contribution in [2.24, 2.45) is 0 Å². The second kappa shape index (κ2) is 13.5. The van der Waals surface area contributed by atoms with Gasteiger partial charge in [-0.3, -0.25) is 0 Å². The van der Waals surface area contributed by atoms with Crippen LogP contribution < -0.4 is 0 Å². The van der Waals surface area contributed by atoms with Crippen LogP contribution in [0.25, 0.3) is 93.0 Å². The van der Waals surface area contributed by atoms with Gasteiger partial charge in [0.15, 0.2) is 17.5 Å². The zero-order chi connectivity index (χ0) is 36.0. The van der Waals surface area contributed by atoms with Crippen molar-refractivity contribution in [3.63, 3.8) is 0 Å². The van der Waals surface area contributed by atoms with E-state index >= 15 is 0 Å². The smallest absolute Gasteiger partial charge is 0.164 e. The number of nitrogens with zero attached hydrogens (tertiary/aromatic N) is 4. The first-order chi connectivity index (χ1) is 26.7. The normalized spacial score (nSPS) is 11.6. The first kappa shape index (κ1) is 32.2. The highest BCUT2D eigenvalue weighted by Crippen LogP contribution is 2.44. The van der Waals surface area contributed by atoms with Gasteiger partial charge in [0.2, 0.25) is 0 Å². The van der Waals surface area contributed by atoms with Crippen LogP contribution in [0.4, 0.5) is 0 Å². The lowest BCUT2D eigenvalue weighted by molar-refractivity contribution is 0.795. The Balaban J connectivity index is 1.10. The molecule has 0 N–H and O–H groups in total. The number of thiophene rings is 1. The molecule has 0 fully saturated rings. The fourth-order valence-electron chi connectivity index (χ4n) is 7.74. The van der Waals surface area contributed by atoms with E-state index in [1.807, 2.05) is 29.5 Å². The van der Waals surface area contributed by atoms with Gasteiger partial charge in [-0.1, -0.05) is 159 Å². The van der Waals surface area contributed by atoms with E-state index in [4.69, 9.17) is 15.0 Å². The van der Waals surface area contributed by atoms with Crippen LogP contribution in [0, 0.1) is 0 Å². The minimum atomic E-state index is 0.656. The van der Waals surface area contributed by atoms with Crippen molar-refractivity contribution in [1.82, 2.24) is 19.5 Å². The zero-order valence-corrected chi connectivity index (χ0v) is 30.7. The van der Waals surface area contributed by atoms with Gasteiger partial charge < -0.3 is 4.57 Å². The van der Waals surface area contributed by atoms with Crippen LogP contribution >= 0.6 is 11.3 Å². The predicted octanol–water partition coefficient (Wildman–Crippen LogP) is 13.3. The van der Waals surface area contributed by atoms with Gasteiger partial charge in [0.05, 0.1) is 21.4 Å². The van der Waals surface area contributed by atoms with Crippen LogP contribution in [0.1, 0.15) is 25.3 Å². The molecule has 7 aromatic carbocycles. The monoisotopic (exact) mass is 712 g/mol. The summed E-state index contributed by atoms with van der Waals surface area (Å²) in [6.07, 6.45) is 3.44. The van der Waals surface area contributed by atoms with Crippen LogP contribution in [0.3, 0.4) is 0 Å². The quantitative estimate of drug-likeness (QED) is 0.158. The number of para-hydroxylation sites is 2. The van der Waals surface area contributed by atoms with Crippen molar-refractivity contribution in [2.45, 2.75) is 26.2 Å². The van der Waals surface area contributed by atoms with Gasteiger partial charge in [0.1, 0.15) is 0 Å². The van der Waals surface area contributed by atoms with Gasteiger partial charge in [-0.25, -0.2) is 15.0 Å². The third-order valence-corrected chi connectivity index (χ3v) is 11.7. The van der Waals surface area contributed by atoms with E-state index in [2.05, 4.69) is 157 Å². The van der Waals surface area contributed by atoms with E-state index in [9.17, 15) is 0 Å². The third-order valence-electron chi connectivity index (χ3n) is 10.5. The predicted molar refractivity (Wildman–Crippen MR) is 227 cm³/mol. The highest BCUT2D eigenvalue weighted by Gasteiger charge is 2.20. The summed E-state index contributed by atoms with van der Waals surface area (Å²) in [5, 5.41) is 5.13. The number of hydrogen-bond donors (Lipinski definition) is 0.